The summed E-state index contributed by atoms with van der Waals surface area (Å²) in [5.41, 5.74) is 3.44. The van der Waals surface area contributed by atoms with Crippen LogP contribution in [0.1, 0.15) is 5.01 Å². The zero-order valence-corrected chi connectivity index (χ0v) is 20.7. The zero-order valence-electron chi connectivity index (χ0n) is 18.2. The number of nitrogens with zero attached hydrogens (tertiary/aromatic N) is 4. The lowest BCUT2D eigenvalue weighted by Gasteiger charge is -2.16. The Balaban J connectivity index is 1.46. The van der Waals surface area contributed by atoms with Gasteiger partial charge < -0.3 is 10.0 Å². The van der Waals surface area contributed by atoms with E-state index in [1.165, 1.54) is 11.8 Å². The molecule has 168 valence electrons. The smallest absolute Gasteiger partial charge is 0.274 e. The van der Waals surface area contributed by atoms with Gasteiger partial charge in [0.1, 0.15) is 10.7 Å². The molecule has 1 aromatic heterocycles. The third-order valence-electron chi connectivity index (χ3n) is 5.53. The molecule has 1 fully saturated rings. The highest BCUT2D eigenvalue weighted by molar-refractivity contribution is 8.20. The van der Waals surface area contributed by atoms with Gasteiger partial charge in [0.25, 0.3) is 5.91 Å². The molecule has 2 aliphatic heterocycles. The lowest BCUT2D eigenvalue weighted by atomic mass is 10.2. The van der Waals surface area contributed by atoms with Crippen LogP contribution in [0.15, 0.2) is 86.6 Å². The summed E-state index contributed by atoms with van der Waals surface area (Å²) in [6.07, 6.45) is 0. The molecule has 0 spiro atoms. The highest BCUT2D eigenvalue weighted by Gasteiger charge is 2.40. The maximum atomic E-state index is 13.7. The van der Waals surface area contributed by atoms with E-state index in [1.54, 1.807) is 52.3 Å². The summed E-state index contributed by atoms with van der Waals surface area (Å²) < 4.78 is 1.06. The number of rotatable bonds is 2. The fourth-order valence-corrected chi connectivity index (χ4v) is 7.12. The molecular formula is C25H18N4O2S3. The number of aliphatic imine (C=N–C) groups is 1. The van der Waals surface area contributed by atoms with Crippen LogP contribution in [-0.4, -0.2) is 28.2 Å². The number of para-hydroxylation sites is 1. The molecule has 0 aliphatic carbocycles. The minimum atomic E-state index is -0.133. The van der Waals surface area contributed by atoms with Gasteiger partial charge in [-0.15, -0.1) is 11.3 Å². The second-order valence-corrected chi connectivity index (χ2v) is 11.0. The van der Waals surface area contributed by atoms with E-state index < -0.39 is 0 Å². The maximum Gasteiger partial charge on any atom is 0.274 e. The van der Waals surface area contributed by atoms with Crippen LogP contribution in [0, 0.1) is 6.92 Å². The molecule has 3 aromatic carbocycles. The third kappa shape index (κ3) is 3.56. The van der Waals surface area contributed by atoms with Crippen LogP contribution in [0.5, 0.6) is 5.75 Å². The number of phenolic OH excluding ortho intramolecular Hbond substituents is 1. The van der Waals surface area contributed by atoms with E-state index in [-0.39, 0.29) is 11.7 Å². The Bertz CT molecular complexity index is 1520. The molecule has 1 amide bonds. The van der Waals surface area contributed by atoms with Gasteiger partial charge in [-0.3, -0.25) is 9.69 Å². The Morgan fingerprint density at radius 1 is 1.00 bits per heavy atom. The fourth-order valence-electron chi connectivity index (χ4n) is 3.92. The van der Waals surface area contributed by atoms with Crippen molar-refractivity contribution in [2.75, 3.05) is 16.8 Å². The summed E-state index contributed by atoms with van der Waals surface area (Å²) in [4.78, 5) is 28.6. The van der Waals surface area contributed by atoms with Crippen molar-refractivity contribution in [1.29, 1.82) is 0 Å². The molecule has 2 aliphatic rings. The fraction of sp³-hybridized carbons (Fsp3) is 0.0800. The van der Waals surface area contributed by atoms with Gasteiger partial charge in [0.05, 0.1) is 37.3 Å². The topological polar surface area (TPSA) is 69.0 Å². The number of carbonyl (C=O) groups excluding carboxylic acids is 1. The molecule has 3 heterocycles. The van der Waals surface area contributed by atoms with E-state index in [9.17, 15) is 9.90 Å². The van der Waals surface area contributed by atoms with Crippen molar-refractivity contribution in [1.82, 2.24) is 4.98 Å². The molecule has 34 heavy (non-hydrogen) atoms. The molecule has 1 N–H and O–H groups in total. The standard InChI is InChI=1S/C25H18N4O2S3/c1-14-26-18-12-7-15(13-21(18)32-14)27-25-29(16-8-10-17(30)11-9-16)23(31)22(34-25)24-28(2)19-5-3-4-6-20(19)33-24/h3-13,30H,1-2H3. The van der Waals surface area contributed by atoms with Crippen LogP contribution in [-0.2, 0) is 4.79 Å². The van der Waals surface area contributed by atoms with Gasteiger partial charge in [0.15, 0.2) is 5.17 Å². The van der Waals surface area contributed by atoms with E-state index in [1.807, 2.05) is 44.3 Å². The van der Waals surface area contributed by atoms with Gasteiger partial charge in [0.2, 0.25) is 0 Å². The number of hydrogen-bond acceptors (Lipinski definition) is 8. The predicted molar refractivity (Wildman–Crippen MR) is 142 cm³/mol. The number of amidine groups is 1. The van der Waals surface area contributed by atoms with E-state index in [4.69, 9.17) is 4.99 Å². The second kappa shape index (κ2) is 8.19. The Morgan fingerprint density at radius 3 is 2.59 bits per heavy atom. The lowest BCUT2D eigenvalue weighted by molar-refractivity contribution is -0.113. The normalized spacial score (nSPS) is 19.0. The highest BCUT2D eigenvalue weighted by Crippen LogP contribution is 2.50. The first-order chi connectivity index (χ1) is 16.5. The lowest BCUT2D eigenvalue weighted by Crippen LogP contribution is -2.29. The Labute approximate surface area is 208 Å². The first-order valence-corrected chi connectivity index (χ1v) is 12.9. The number of aromatic hydroxyl groups is 1. The number of anilines is 2. The summed E-state index contributed by atoms with van der Waals surface area (Å²) in [7, 11) is 1.98. The number of hydrogen-bond donors (Lipinski definition) is 1. The van der Waals surface area contributed by atoms with Crippen molar-refractivity contribution < 1.29 is 9.90 Å². The molecule has 0 saturated carbocycles. The number of amides is 1. The summed E-state index contributed by atoms with van der Waals surface area (Å²) >= 11 is 4.59. The number of aromatic nitrogens is 1. The van der Waals surface area contributed by atoms with E-state index in [0.29, 0.717) is 15.8 Å². The first-order valence-electron chi connectivity index (χ1n) is 10.5. The van der Waals surface area contributed by atoms with Crippen molar-refractivity contribution in [2.45, 2.75) is 11.8 Å². The Hall–Kier alpha value is -3.27. The van der Waals surface area contributed by atoms with Crippen molar-refractivity contribution in [3.05, 3.63) is 81.7 Å². The molecule has 1 saturated heterocycles. The van der Waals surface area contributed by atoms with Crippen molar-refractivity contribution in [2.24, 2.45) is 4.99 Å². The molecule has 0 atom stereocenters. The molecule has 4 aromatic rings. The van der Waals surface area contributed by atoms with Gasteiger partial charge in [0, 0.05) is 11.9 Å². The quantitative estimate of drug-likeness (QED) is 0.316. The molecule has 0 bridgehead atoms. The van der Waals surface area contributed by atoms with Crippen LogP contribution < -0.4 is 9.80 Å². The van der Waals surface area contributed by atoms with E-state index in [0.717, 1.165) is 36.5 Å². The highest BCUT2D eigenvalue weighted by atomic mass is 32.2. The Morgan fingerprint density at radius 2 is 1.79 bits per heavy atom. The van der Waals surface area contributed by atoms with Crippen LogP contribution >= 0.6 is 34.9 Å². The maximum absolute atomic E-state index is 13.7. The minimum absolute atomic E-state index is 0.133. The van der Waals surface area contributed by atoms with Gasteiger partial charge in [-0.05, 0) is 73.3 Å². The van der Waals surface area contributed by atoms with Crippen LogP contribution in [0.3, 0.4) is 0 Å². The summed E-state index contributed by atoms with van der Waals surface area (Å²) in [5, 5.41) is 12.2. The molecule has 0 unspecified atom stereocenters. The Kier molecular flexibility index (Phi) is 5.13. The van der Waals surface area contributed by atoms with E-state index >= 15 is 0 Å². The molecule has 0 radical (unpaired) electrons. The first kappa shape index (κ1) is 21.3. The van der Waals surface area contributed by atoms with E-state index in [2.05, 4.69) is 22.0 Å². The summed E-state index contributed by atoms with van der Waals surface area (Å²) in [6.45, 7) is 1.99. The largest absolute Gasteiger partial charge is 0.508 e. The van der Waals surface area contributed by atoms with Gasteiger partial charge in [-0.2, -0.15) is 0 Å². The van der Waals surface area contributed by atoms with Gasteiger partial charge in [-0.25, -0.2) is 9.98 Å². The molecular weight excluding hydrogens is 485 g/mol. The van der Waals surface area contributed by atoms with Gasteiger partial charge >= 0.3 is 0 Å². The monoisotopic (exact) mass is 502 g/mol. The zero-order chi connectivity index (χ0) is 23.4. The van der Waals surface area contributed by atoms with Crippen molar-refractivity contribution in [3.8, 4) is 5.75 Å². The van der Waals surface area contributed by atoms with Crippen molar-refractivity contribution >= 4 is 73.2 Å². The molecule has 6 nitrogen and oxygen atoms in total. The van der Waals surface area contributed by atoms with Crippen LogP contribution in [0.25, 0.3) is 10.2 Å². The number of phenols is 1. The molecule has 6 rings (SSSR count). The number of thioether (sulfide) groups is 2. The van der Waals surface area contributed by atoms with Crippen LogP contribution in [0.2, 0.25) is 0 Å². The predicted octanol–water partition coefficient (Wildman–Crippen LogP) is 6.49. The number of thiazole rings is 1. The number of fused-ring (bicyclic) bond motifs is 2. The third-order valence-corrected chi connectivity index (χ3v) is 8.85. The second-order valence-electron chi connectivity index (χ2n) is 7.80. The average molecular weight is 503 g/mol. The average Bonchev–Trinajstić information content (AvgIpc) is 3.47. The number of benzene rings is 3. The summed E-state index contributed by atoms with van der Waals surface area (Å²) in [6, 6.07) is 20.6. The SMILES string of the molecule is Cc1nc2ccc(N=C3SC(=C4Sc5ccccc5N4C)C(=O)N3c3ccc(O)cc3)cc2s1. The van der Waals surface area contributed by atoms with Crippen molar-refractivity contribution in [3.63, 3.8) is 0 Å². The number of carbonyl (C=O) groups is 1. The number of aryl methyl sites for hydroxylation is 1. The summed E-state index contributed by atoms with van der Waals surface area (Å²) in [5.74, 6) is 0.0129. The van der Waals surface area contributed by atoms with Gasteiger partial charge in [-0.1, -0.05) is 23.9 Å². The van der Waals surface area contributed by atoms with Crippen LogP contribution in [0.4, 0.5) is 17.1 Å². The molecule has 9 heteroatoms. The minimum Gasteiger partial charge on any atom is -0.508 e.